The first-order chi connectivity index (χ1) is 8.65. The Balaban J connectivity index is 2.20. The maximum Gasteiger partial charge on any atom is 0.357 e. The predicted octanol–water partition coefficient (Wildman–Crippen LogP) is 3.07. The standard InChI is InChI=1S/C15H15NO2/c1-9(2)10-3-4-13-12(7-10)8-11-5-6-18-15(17)14(11)16-13/h3-4,7-9H,5-6H2,1-2H3. The number of hydrogen-bond acceptors (Lipinski definition) is 3. The summed E-state index contributed by atoms with van der Waals surface area (Å²) in [5, 5.41) is 1.11. The lowest BCUT2D eigenvalue weighted by Crippen LogP contribution is -2.19. The van der Waals surface area contributed by atoms with E-state index in [2.05, 4.69) is 37.0 Å². The Labute approximate surface area is 106 Å². The third-order valence-electron chi connectivity index (χ3n) is 3.38. The molecule has 1 aliphatic rings. The number of hydrogen-bond donors (Lipinski definition) is 0. The third kappa shape index (κ3) is 1.76. The van der Waals surface area contributed by atoms with Gasteiger partial charge < -0.3 is 4.74 Å². The van der Waals surface area contributed by atoms with Crippen LogP contribution in [0.15, 0.2) is 24.3 Å². The minimum absolute atomic E-state index is 0.300. The second-order valence-electron chi connectivity index (χ2n) is 4.99. The molecule has 2 heterocycles. The summed E-state index contributed by atoms with van der Waals surface area (Å²) in [6.07, 6.45) is 0.760. The highest BCUT2D eigenvalue weighted by molar-refractivity contribution is 5.93. The van der Waals surface area contributed by atoms with Crippen molar-refractivity contribution in [3.8, 4) is 0 Å². The molecule has 92 valence electrons. The zero-order valence-corrected chi connectivity index (χ0v) is 10.6. The van der Waals surface area contributed by atoms with E-state index in [-0.39, 0.29) is 5.97 Å². The normalized spacial score (nSPS) is 14.7. The molecular weight excluding hydrogens is 226 g/mol. The zero-order chi connectivity index (χ0) is 12.7. The number of rotatable bonds is 1. The summed E-state index contributed by atoms with van der Waals surface area (Å²) in [7, 11) is 0. The van der Waals surface area contributed by atoms with E-state index >= 15 is 0 Å². The molecular formula is C15H15NO2. The summed E-state index contributed by atoms with van der Waals surface area (Å²) < 4.78 is 5.01. The van der Waals surface area contributed by atoms with E-state index in [1.54, 1.807) is 0 Å². The Morgan fingerprint density at radius 2 is 2.11 bits per heavy atom. The Kier molecular flexibility index (Phi) is 2.54. The quantitative estimate of drug-likeness (QED) is 0.720. The molecule has 3 rings (SSSR count). The van der Waals surface area contributed by atoms with E-state index in [1.807, 2.05) is 6.07 Å². The van der Waals surface area contributed by atoms with Crippen molar-refractivity contribution in [3.63, 3.8) is 0 Å². The molecule has 0 bridgehead atoms. The lowest BCUT2D eigenvalue weighted by molar-refractivity contribution is 0.0472. The van der Waals surface area contributed by atoms with Gasteiger partial charge in [0.15, 0.2) is 5.69 Å². The predicted molar refractivity (Wildman–Crippen MR) is 69.8 cm³/mol. The van der Waals surface area contributed by atoms with Crippen LogP contribution >= 0.6 is 0 Å². The highest BCUT2D eigenvalue weighted by Gasteiger charge is 2.20. The minimum Gasteiger partial charge on any atom is -0.461 e. The molecule has 0 saturated carbocycles. The summed E-state index contributed by atoms with van der Waals surface area (Å²) in [6, 6.07) is 8.28. The minimum atomic E-state index is -0.300. The molecule has 2 aromatic rings. The average Bonchev–Trinajstić information content (AvgIpc) is 2.36. The van der Waals surface area contributed by atoms with Crippen molar-refractivity contribution in [2.45, 2.75) is 26.2 Å². The van der Waals surface area contributed by atoms with Gasteiger partial charge in [0.1, 0.15) is 0 Å². The van der Waals surface area contributed by atoms with Crippen molar-refractivity contribution in [1.29, 1.82) is 0 Å². The van der Waals surface area contributed by atoms with E-state index in [9.17, 15) is 4.79 Å². The van der Waals surface area contributed by atoms with Gasteiger partial charge in [-0.15, -0.1) is 0 Å². The molecule has 0 saturated heterocycles. The molecule has 0 atom stereocenters. The van der Waals surface area contributed by atoms with Gasteiger partial charge in [0.2, 0.25) is 0 Å². The maximum absolute atomic E-state index is 11.6. The highest BCUT2D eigenvalue weighted by atomic mass is 16.5. The molecule has 0 unspecified atom stereocenters. The van der Waals surface area contributed by atoms with Gasteiger partial charge >= 0.3 is 5.97 Å². The van der Waals surface area contributed by atoms with Gasteiger partial charge in [0.25, 0.3) is 0 Å². The van der Waals surface area contributed by atoms with Crippen LogP contribution in [0.25, 0.3) is 10.9 Å². The fourth-order valence-corrected chi connectivity index (χ4v) is 2.29. The number of esters is 1. The first kappa shape index (κ1) is 11.2. The van der Waals surface area contributed by atoms with Gasteiger partial charge in [-0.2, -0.15) is 0 Å². The van der Waals surface area contributed by atoms with Gasteiger partial charge in [-0.3, -0.25) is 0 Å². The Morgan fingerprint density at radius 1 is 1.28 bits per heavy atom. The zero-order valence-electron chi connectivity index (χ0n) is 10.6. The van der Waals surface area contributed by atoms with E-state index in [1.165, 1.54) is 5.56 Å². The van der Waals surface area contributed by atoms with Crippen LogP contribution in [-0.4, -0.2) is 17.6 Å². The summed E-state index contributed by atoms with van der Waals surface area (Å²) in [5.41, 5.74) is 3.63. The van der Waals surface area contributed by atoms with E-state index in [0.717, 1.165) is 22.9 Å². The molecule has 3 heteroatoms. The average molecular weight is 241 g/mol. The molecule has 0 aliphatic carbocycles. The molecule has 0 fully saturated rings. The molecule has 0 radical (unpaired) electrons. The van der Waals surface area contributed by atoms with E-state index in [0.29, 0.717) is 18.2 Å². The van der Waals surface area contributed by atoms with Crippen LogP contribution < -0.4 is 0 Å². The Morgan fingerprint density at radius 3 is 2.89 bits per heavy atom. The van der Waals surface area contributed by atoms with E-state index in [4.69, 9.17) is 4.74 Å². The molecule has 3 nitrogen and oxygen atoms in total. The summed E-state index contributed by atoms with van der Waals surface area (Å²) in [4.78, 5) is 16.0. The SMILES string of the molecule is CC(C)c1ccc2nc3c(cc2c1)CCOC3=O. The van der Waals surface area contributed by atoms with Gasteiger partial charge in [0, 0.05) is 11.8 Å². The number of pyridine rings is 1. The number of carbonyl (C=O) groups excluding carboxylic acids is 1. The lowest BCUT2D eigenvalue weighted by atomic mass is 9.99. The third-order valence-corrected chi connectivity index (χ3v) is 3.38. The molecule has 1 aromatic carbocycles. The number of ether oxygens (including phenoxy) is 1. The number of aromatic nitrogens is 1. The molecule has 0 N–H and O–H groups in total. The topological polar surface area (TPSA) is 39.2 Å². The molecule has 0 spiro atoms. The summed E-state index contributed by atoms with van der Waals surface area (Å²) in [6.45, 7) is 4.80. The summed E-state index contributed by atoms with van der Waals surface area (Å²) >= 11 is 0. The van der Waals surface area contributed by atoms with Crippen molar-refractivity contribution in [2.24, 2.45) is 0 Å². The number of cyclic esters (lactones) is 1. The number of carbonyl (C=O) groups is 1. The smallest absolute Gasteiger partial charge is 0.357 e. The summed E-state index contributed by atoms with van der Waals surface area (Å²) in [5.74, 6) is 0.196. The van der Waals surface area contributed by atoms with Gasteiger partial charge in [-0.05, 0) is 35.2 Å². The number of nitrogens with zero attached hydrogens (tertiary/aromatic N) is 1. The monoisotopic (exact) mass is 241 g/mol. The highest BCUT2D eigenvalue weighted by Crippen LogP contribution is 2.24. The second-order valence-corrected chi connectivity index (χ2v) is 4.99. The molecule has 18 heavy (non-hydrogen) atoms. The maximum atomic E-state index is 11.6. The fourth-order valence-electron chi connectivity index (χ4n) is 2.29. The first-order valence-electron chi connectivity index (χ1n) is 6.26. The van der Waals surface area contributed by atoms with Crippen LogP contribution in [0.2, 0.25) is 0 Å². The molecule has 1 aliphatic heterocycles. The van der Waals surface area contributed by atoms with Crippen molar-refractivity contribution < 1.29 is 9.53 Å². The van der Waals surface area contributed by atoms with Crippen LogP contribution in [0.3, 0.4) is 0 Å². The van der Waals surface area contributed by atoms with Gasteiger partial charge in [0.05, 0.1) is 12.1 Å². The molecule has 0 amide bonds. The van der Waals surface area contributed by atoms with Gasteiger partial charge in [-0.1, -0.05) is 19.9 Å². The van der Waals surface area contributed by atoms with Crippen LogP contribution in [-0.2, 0) is 11.2 Å². The van der Waals surface area contributed by atoms with Crippen LogP contribution in [0.4, 0.5) is 0 Å². The van der Waals surface area contributed by atoms with Crippen molar-refractivity contribution in [2.75, 3.05) is 6.61 Å². The van der Waals surface area contributed by atoms with E-state index < -0.39 is 0 Å². The Hall–Kier alpha value is -1.90. The number of fused-ring (bicyclic) bond motifs is 2. The number of benzene rings is 1. The largest absolute Gasteiger partial charge is 0.461 e. The Bertz CT molecular complexity index is 632. The van der Waals surface area contributed by atoms with Crippen molar-refractivity contribution in [1.82, 2.24) is 4.98 Å². The van der Waals surface area contributed by atoms with Gasteiger partial charge in [-0.25, -0.2) is 9.78 Å². The van der Waals surface area contributed by atoms with Crippen molar-refractivity contribution >= 4 is 16.9 Å². The van der Waals surface area contributed by atoms with Crippen molar-refractivity contribution in [3.05, 3.63) is 41.1 Å². The second kappa shape index (κ2) is 4.09. The van der Waals surface area contributed by atoms with Crippen LogP contribution in [0.1, 0.15) is 41.4 Å². The lowest BCUT2D eigenvalue weighted by Gasteiger charge is -2.16. The molecule has 1 aromatic heterocycles. The first-order valence-corrected chi connectivity index (χ1v) is 6.26. The van der Waals surface area contributed by atoms with Crippen LogP contribution in [0.5, 0.6) is 0 Å². The fraction of sp³-hybridized carbons (Fsp3) is 0.333. The van der Waals surface area contributed by atoms with Crippen LogP contribution in [0, 0.1) is 0 Å².